The van der Waals surface area contributed by atoms with E-state index < -0.39 is 17.5 Å². The Balaban J connectivity index is 2.19. The zero-order valence-electron chi connectivity index (χ0n) is 10.5. The average molecular weight is 257 g/mol. The third-order valence-corrected chi connectivity index (χ3v) is 3.35. The standard InChI is InChI=1S/C14H18F3N/c1-2-7-18-12(8-9-3-4-9)10-5-6-11(15)14(17)13(10)16/h5-6,9,12,18H,2-4,7-8H2,1H3. The molecule has 0 radical (unpaired) electrons. The number of rotatable bonds is 6. The van der Waals surface area contributed by atoms with Gasteiger partial charge in [0.05, 0.1) is 0 Å². The molecule has 18 heavy (non-hydrogen) atoms. The van der Waals surface area contributed by atoms with Gasteiger partial charge in [0.25, 0.3) is 0 Å². The first kappa shape index (κ1) is 13.4. The predicted octanol–water partition coefficient (Wildman–Crippen LogP) is 3.94. The van der Waals surface area contributed by atoms with Crippen LogP contribution in [-0.4, -0.2) is 6.54 Å². The van der Waals surface area contributed by atoms with Gasteiger partial charge in [-0.1, -0.05) is 25.8 Å². The minimum atomic E-state index is -1.37. The van der Waals surface area contributed by atoms with Crippen LogP contribution in [0.4, 0.5) is 13.2 Å². The lowest BCUT2D eigenvalue weighted by molar-refractivity contribution is 0.410. The van der Waals surface area contributed by atoms with Gasteiger partial charge in [-0.2, -0.15) is 0 Å². The maximum absolute atomic E-state index is 13.8. The normalized spacial score (nSPS) is 16.9. The van der Waals surface area contributed by atoms with Gasteiger partial charge < -0.3 is 5.32 Å². The molecule has 4 heteroatoms. The summed E-state index contributed by atoms with van der Waals surface area (Å²) in [6, 6.07) is 2.14. The number of benzene rings is 1. The van der Waals surface area contributed by atoms with E-state index >= 15 is 0 Å². The van der Waals surface area contributed by atoms with Crippen molar-refractivity contribution in [3.05, 3.63) is 35.1 Å². The minimum absolute atomic E-state index is 0.215. The van der Waals surface area contributed by atoms with Gasteiger partial charge in [-0.3, -0.25) is 0 Å². The van der Waals surface area contributed by atoms with Gasteiger partial charge in [-0.05, 0) is 31.4 Å². The Hall–Kier alpha value is -1.03. The summed E-state index contributed by atoms with van der Waals surface area (Å²) in [5, 5.41) is 3.22. The summed E-state index contributed by atoms with van der Waals surface area (Å²) in [6.07, 6.45) is 4.01. The second kappa shape index (κ2) is 5.74. The molecule has 1 fully saturated rings. The second-order valence-electron chi connectivity index (χ2n) is 4.95. The molecule has 0 aliphatic heterocycles. The van der Waals surface area contributed by atoms with Crippen molar-refractivity contribution in [2.24, 2.45) is 5.92 Å². The second-order valence-corrected chi connectivity index (χ2v) is 4.95. The summed E-state index contributed by atoms with van der Waals surface area (Å²) in [7, 11) is 0. The molecule has 1 aliphatic carbocycles. The monoisotopic (exact) mass is 257 g/mol. The quantitative estimate of drug-likeness (QED) is 0.761. The highest BCUT2D eigenvalue weighted by Crippen LogP contribution is 2.38. The largest absolute Gasteiger partial charge is 0.310 e. The number of halogens is 3. The van der Waals surface area contributed by atoms with Crippen LogP contribution in [0.25, 0.3) is 0 Å². The third-order valence-electron chi connectivity index (χ3n) is 3.35. The zero-order chi connectivity index (χ0) is 13.1. The Morgan fingerprint density at radius 3 is 2.56 bits per heavy atom. The Morgan fingerprint density at radius 1 is 1.22 bits per heavy atom. The first-order chi connectivity index (χ1) is 8.63. The van der Waals surface area contributed by atoms with Crippen LogP contribution in [0.1, 0.15) is 44.2 Å². The summed E-state index contributed by atoms with van der Waals surface area (Å²) in [5.74, 6) is -2.96. The van der Waals surface area contributed by atoms with Crippen molar-refractivity contribution < 1.29 is 13.2 Å². The summed E-state index contributed by atoms with van der Waals surface area (Å²) >= 11 is 0. The van der Waals surface area contributed by atoms with Crippen LogP contribution in [0.5, 0.6) is 0 Å². The van der Waals surface area contributed by atoms with Crippen LogP contribution in [-0.2, 0) is 0 Å². The fourth-order valence-corrected chi connectivity index (χ4v) is 2.14. The van der Waals surface area contributed by atoms with Gasteiger partial charge in [0, 0.05) is 11.6 Å². The minimum Gasteiger partial charge on any atom is -0.310 e. The summed E-state index contributed by atoms with van der Waals surface area (Å²) < 4.78 is 39.9. The third kappa shape index (κ3) is 3.05. The van der Waals surface area contributed by atoms with Crippen LogP contribution < -0.4 is 5.32 Å². The van der Waals surface area contributed by atoms with Gasteiger partial charge in [-0.15, -0.1) is 0 Å². The smallest absolute Gasteiger partial charge is 0.194 e. The molecule has 0 spiro atoms. The van der Waals surface area contributed by atoms with Crippen molar-refractivity contribution in [1.29, 1.82) is 0 Å². The fourth-order valence-electron chi connectivity index (χ4n) is 2.14. The summed E-state index contributed by atoms with van der Waals surface area (Å²) in [6.45, 7) is 2.76. The summed E-state index contributed by atoms with van der Waals surface area (Å²) in [4.78, 5) is 0. The van der Waals surface area contributed by atoms with E-state index in [1.165, 1.54) is 6.07 Å². The van der Waals surface area contributed by atoms with Gasteiger partial charge in [0.2, 0.25) is 0 Å². The van der Waals surface area contributed by atoms with Crippen molar-refractivity contribution >= 4 is 0 Å². The van der Waals surface area contributed by atoms with Crippen molar-refractivity contribution in [2.75, 3.05) is 6.54 Å². The predicted molar refractivity (Wildman–Crippen MR) is 64.7 cm³/mol. The average Bonchev–Trinajstić information content (AvgIpc) is 3.16. The van der Waals surface area contributed by atoms with E-state index in [2.05, 4.69) is 5.32 Å². The van der Waals surface area contributed by atoms with Crippen LogP contribution in [0.2, 0.25) is 0 Å². The lowest BCUT2D eigenvalue weighted by atomic mass is 10.00. The lowest BCUT2D eigenvalue weighted by Gasteiger charge is -2.19. The van der Waals surface area contributed by atoms with E-state index in [0.29, 0.717) is 5.92 Å². The highest BCUT2D eigenvalue weighted by Gasteiger charge is 2.28. The Morgan fingerprint density at radius 2 is 1.94 bits per heavy atom. The molecule has 100 valence electrons. The van der Waals surface area contributed by atoms with E-state index in [4.69, 9.17) is 0 Å². The fraction of sp³-hybridized carbons (Fsp3) is 0.571. The molecular weight excluding hydrogens is 239 g/mol. The topological polar surface area (TPSA) is 12.0 Å². The molecule has 0 saturated heterocycles. The van der Waals surface area contributed by atoms with Crippen LogP contribution in [0, 0.1) is 23.4 Å². The molecule has 0 aromatic heterocycles. The molecule has 1 unspecified atom stereocenters. The molecule has 1 aromatic rings. The van der Waals surface area contributed by atoms with E-state index in [1.807, 2.05) is 6.92 Å². The highest BCUT2D eigenvalue weighted by molar-refractivity contribution is 5.24. The maximum atomic E-state index is 13.8. The van der Waals surface area contributed by atoms with Crippen molar-refractivity contribution in [2.45, 2.75) is 38.6 Å². The van der Waals surface area contributed by atoms with Crippen molar-refractivity contribution in [1.82, 2.24) is 5.32 Å². The molecule has 1 aromatic carbocycles. The maximum Gasteiger partial charge on any atom is 0.194 e. The lowest BCUT2D eigenvalue weighted by Crippen LogP contribution is -2.24. The SMILES string of the molecule is CCCNC(CC1CC1)c1ccc(F)c(F)c1F. The molecular formula is C14H18F3N. The van der Waals surface area contributed by atoms with Gasteiger partial charge >= 0.3 is 0 Å². The molecule has 1 aliphatic rings. The highest BCUT2D eigenvalue weighted by atomic mass is 19.2. The molecule has 1 N–H and O–H groups in total. The van der Waals surface area contributed by atoms with Crippen molar-refractivity contribution in [3.8, 4) is 0 Å². The Bertz CT molecular complexity index is 416. The van der Waals surface area contributed by atoms with Gasteiger partial charge in [-0.25, -0.2) is 13.2 Å². The first-order valence-electron chi connectivity index (χ1n) is 6.50. The van der Waals surface area contributed by atoms with Crippen LogP contribution >= 0.6 is 0 Å². The number of hydrogen-bond acceptors (Lipinski definition) is 1. The molecule has 0 bridgehead atoms. The van der Waals surface area contributed by atoms with E-state index in [-0.39, 0.29) is 11.6 Å². The van der Waals surface area contributed by atoms with E-state index in [9.17, 15) is 13.2 Å². The first-order valence-corrected chi connectivity index (χ1v) is 6.50. The van der Waals surface area contributed by atoms with Crippen LogP contribution in [0.3, 0.4) is 0 Å². The van der Waals surface area contributed by atoms with E-state index in [0.717, 1.165) is 38.3 Å². The molecule has 1 atom stereocenters. The molecule has 0 heterocycles. The number of nitrogens with one attached hydrogen (secondary N) is 1. The van der Waals surface area contributed by atoms with E-state index in [1.54, 1.807) is 0 Å². The van der Waals surface area contributed by atoms with Gasteiger partial charge in [0.1, 0.15) is 0 Å². The van der Waals surface area contributed by atoms with Crippen molar-refractivity contribution in [3.63, 3.8) is 0 Å². The Kier molecular flexibility index (Phi) is 4.27. The Labute approximate surface area is 105 Å². The molecule has 0 amide bonds. The molecule has 2 rings (SSSR count). The molecule has 1 nitrogen and oxygen atoms in total. The molecule has 1 saturated carbocycles. The summed E-state index contributed by atoms with van der Waals surface area (Å²) in [5.41, 5.74) is 0.245. The number of hydrogen-bond donors (Lipinski definition) is 1. The van der Waals surface area contributed by atoms with Crippen LogP contribution in [0.15, 0.2) is 12.1 Å². The zero-order valence-corrected chi connectivity index (χ0v) is 10.5. The van der Waals surface area contributed by atoms with Gasteiger partial charge in [0.15, 0.2) is 17.5 Å².